The minimum Gasteiger partial charge on any atom is -0.493 e. The zero-order valence-electron chi connectivity index (χ0n) is 14.5. The number of hydrogen-bond donors (Lipinski definition) is 2. The fraction of sp³-hybridized carbons (Fsp3) is 0.611. The van der Waals surface area contributed by atoms with E-state index in [-0.39, 0.29) is 24.1 Å². The molecule has 0 saturated carbocycles. The molecule has 0 aliphatic carbocycles. The number of carbonyl (C=O) groups excluding carboxylic acids is 1. The third-order valence-corrected chi connectivity index (χ3v) is 4.66. The van der Waals surface area contributed by atoms with E-state index in [4.69, 9.17) is 9.47 Å². The van der Waals surface area contributed by atoms with E-state index in [2.05, 4.69) is 22.6 Å². The quantitative estimate of drug-likeness (QED) is 0.840. The Bertz CT molecular complexity index is 566. The van der Waals surface area contributed by atoms with E-state index in [0.29, 0.717) is 13.2 Å². The molecular weight excluding hydrogens is 306 g/mol. The number of likely N-dealkylation sites (N-methyl/N-ethyl adjacent to an activating group) is 1. The molecule has 24 heavy (non-hydrogen) atoms. The maximum Gasteiger partial charge on any atom is 0.237 e. The van der Waals surface area contributed by atoms with Crippen molar-refractivity contribution in [1.29, 1.82) is 0 Å². The highest BCUT2D eigenvalue weighted by atomic mass is 16.5. The van der Waals surface area contributed by atoms with Gasteiger partial charge in [0.15, 0.2) is 0 Å². The largest absolute Gasteiger partial charge is 0.493 e. The summed E-state index contributed by atoms with van der Waals surface area (Å²) in [5, 5.41) is 6.43. The summed E-state index contributed by atoms with van der Waals surface area (Å²) in [7, 11) is 2.09. The number of para-hydroxylation sites is 1. The van der Waals surface area contributed by atoms with Crippen LogP contribution in [0.15, 0.2) is 24.3 Å². The van der Waals surface area contributed by atoms with Gasteiger partial charge in [-0.2, -0.15) is 0 Å². The Hall–Kier alpha value is -1.63. The molecule has 1 saturated heterocycles. The standard InChI is InChI=1S/C18H27N3O3/c1-13(19-11-14-12-21(2)8-10-23-14)18(22)20-16-7-9-24-17-6-4-3-5-15(16)17/h3-6,13-14,16,19H,7-12H2,1-2H3,(H,20,22). The number of fused-ring (bicyclic) bond motifs is 1. The van der Waals surface area contributed by atoms with Gasteiger partial charge in [-0.25, -0.2) is 0 Å². The van der Waals surface area contributed by atoms with E-state index < -0.39 is 0 Å². The van der Waals surface area contributed by atoms with Gasteiger partial charge < -0.3 is 25.0 Å². The van der Waals surface area contributed by atoms with Gasteiger partial charge in [-0.05, 0) is 20.0 Å². The van der Waals surface area contributed by atoms with Crippen LogP contribution in [0.5, 0.6) is 5.75 Å². The lowest BCUT2D eigenvalue weighted by molar-refractivity contribution is -0.124. The third-order valence-electron chi connectivity index (χ3n) is 4.66. The van der Waals surface area contributed by atoms with Crippen molar-refractivity contribution in [2.45, 2.75) is 31.5 Å². The molecule has 1 aromatic rings. The maximum absolute atomic E-state index is 12.5. The molecule has 0 radical (unpaired) electrons. The van der Waals surface area contributed by atoms with E-state index in [9.17, 15) is 4.79 Å². The van der Waals surface area contributed by atoms with Crippen molar-refractivity contribution in [2.24, 2.45) is 0 Å². The van der Waals surface area contributed by atoms with Gasteiger partial charge in [0.05, 0.1) is 31.4 Å². The average molecular weight is 333 g/mol. The zero-order valence-corrected chi connectivity index (χ0v) is 14.5. The van der Waals surface area contributed by atoms with Crippen LogP contribution < -0.4 is 15.4 Å². The molecule has 3 rings (SSSR count). The Morgan fingerprint density at radius 1 is 1.38 bits per heavy atom. The summed E-state index contributed by atoms with van der Waals surface area (Å²) in [6.07, 6.45) is 0.939. The lowest BCUT2D eigenvalue weighted by Crippen LogP contribution is -2.50. The molecule has 2 aliphatic heterocycles. The molecule has 6 nitrogen and oxygen atoms in total. The lowest BCUT2D eigenvalue weighted by Gasteiger charge is -2.31. The van der Waals surface area contributed by atoms with Crippen molar-refractivity contribution in [1.82, 2.24) is 15.5 Å². The predicted molar refractivity (Wildman–Crippen MR) is 92.1 cm³/mol. The summed E-state index contributed by atoms with van der Waals surface area (Å²) < 4.78 is 11.4. The Morgan fingerprint density at radius 2 is 2.21 bits per heavy atom. The Balaban J connectivity index is 1.50. The molecule has 1 fully saturated rings. The third kappa shape index (κ3) is 4.26. The maximum atomic E-state index is 12.5. The number of nitrogens with one attached hydrogen (secondary N) is 2. The number of morpholine rings is 1. The molecule has 2 N–H and O–H groups in total. The van der Waals surface area contributed by atoms with Gasteiger partial charge in [0.1, 0.15) is 5.75 Å². The number of benzene rings is 1. The van der Waals surface area contributed by atoms with E-state index in [1.807, 2.05) is 31.2 Å². The molecule has 1 amide bonds. The van der Waals surface area contributed by atoms with E-state index in [1.54, 1.807) is 0 Å². The fourth-order valence-electron chi connectivity index (χ4n) is 3.18. The number of ether oxygens (including phenoxy) is 2. The minimum absolute atomic E-state index is 0.0147. The molecule has 6 heteroatoms. The van der Waals surface area contributed by atoms with Crippen LogP contribution in [0.25, 0.3) is 0 Å². The molecule has 3 atom stereocenters. The summed E-state index contributed by atoms with van der Waals surface area (Å²) in [5.41, 5.74) is 1.06. The van der Waals surface area contributed by atoms with Gasteiger partial charge in [0.2, 0.25) is 5.91 Å². The Labute approximate surface area is 143 Å². The van der Waals surface area contributed by atoms with Gasteiger partial charge in [-0.3, -0.25) is 4.79 Å². The normalized spacial score (nSPS) is 25.4. The van der Waals surface area contributed by atoms with Crippen molar-refractivity contribution >= 4 is 5.91 Å². The van der Waals surface area contributed by atoms with Crippen molar-refractivity contribution in [3.05, 3.63) is 29.8 Å². The molecule has 132 valence electrons. The van der Waals surface area contributed by atoms with Crippen LogP contribution in [0.4, 0.5) is 0 Å². The second-order valence-corrected chi connectivity index (χ2v) is 6.62. The number of carbonyl (C=O) groups is 1. The van der Waals surface area contributed by atoms with Crippen molar-refractivity contribution in [3.63, 3.8) is 0 Å². The summed E-state index contributed by atoms with van der Waals surface area (Å²) in [4.78, 5) is 14.7. The van der Waals surface area contributed by atoms with Crippen LogP contribution in [0.1, 0.15) is 24.9 Å². The SMILES string of the molecule is CC(NCC1CN(C)CCO1)C(=O)NC1CCOc2ccccc21. The molecule has 1 aromatic carbocycles. The molecule has 2 aliphatic rings. The first-order chi connectivity index (χ1) is 11.6. The molecule has 2 heterocycles. The minimum atomic E-state index is -0.254. The van der Waals surface area contributed by atoms with Gasteiger partial charge in [-0.15, -0.1) is 0 Å². The fourth-order valence-corrected chi connectivity index (χ4v) is 3.18. The smallest absolute Gasteiger partial charge is 0.237 e. The molecule has 0 spiro atoms. The van der Waals surface area contributed by atoms with Gasteiger partial charge in [0.25, 0.3) is 0 Å². The van der Waals surface area contributed by atoms with Gasteiger partial charge in [0, 0.05) is 31.6 Å². The first-order valence-electron chi connectivity index (χ1n) is 8.69. The van der Waals surface area contributed by atoms with Crippen LogP contribution >= 0.6 is 0 Å². The Kier molecular flexibility index (Phi) is 5.71. The van der Waals surface area contributed by atoms with Crippen molar-refractivity contribution in [2.75, 3.05) is 39.9 Å². The predicted octanol–water partition coefficient (Wildman–Crippen LogP) is 0.935. The number of nitrogens with zero attached hydrogens (tertiary/aromatic N) is 1. The highest BCUT2D eigenvalue weighted by Gasteiger charge is 2.25. The number of hydrogen-bond acceptors (Lipinski definition) is 5. The first kappa shape index (κ1) is 17.2. The molecule has 0 aromatic heterocycles. The second-order valence-electron chi connectivity index (χ2n) is 6.62. The van der Waals surface area contributed by atoms with Crippen LogP contribution in [0, 0.1) is 0 Å². The summed E-state index contributed by atoms with van der Waals surface area (Å²) in [6, 6.07) is 7.66. The first-order valence-corrected chi connectivity index (χ1v) is 8.69. The summed E-state index contributed by atoms with van der Waals surface area (Å²) in [6.45, 7) is 5.83. The van der Waals surface area contributed by atoms with Gasteiger partial charge >= 0.3 is 0 Å². The number of rotatable bonds is 5. The average Bonchev–Trinajstić information content (AvgIpc) is 2.60. The molecule has 0 bridgehead atoms. The van der Waals surface area contributed by atoms with Crippen LogP contribution in [0.3, 0.4) is 0 Å². The van der Waals surface area contributed by atoms with Crippen molar-refractivity contribution < 1.29 is 14.3 Å². The molecular formula is C18H27N3O3. The monoisotopic (exact) mass is 333 g/mol. The zero-order chi connectivity index (χ0) is 16.9. The lowest BCUT2D eigenvalue weighted by atomic mass is 10.0. The van der Waals surface area contributed by atoms with Crippen LogP contribution in [-0.2, 0) is 9.53 Å². The highest BCUT2D eigenvalue weighted by Crippen LogP contribution is 2.31. The molecule has 3 unspecified atom stereocenters. The van der Waals surface area contributed by atoms with Crippen LogP contribution in [-0.4, -0.2) is 62.8 Å². The topological polar surface area (TPSA) is 62.8 Å². The van der Waals surface area contributed by atoms with Crippen LogP contribution in [0.2, 0.25) is 0 Å². The van der Waals surface area contributed by atoms with E-state index in [0.717, 1.165) is 37.4 Å². The van der Waals surface area contributed by atoms with E-state index in [1.165, 1.54) is 0 Å². The van der Waals surface area contributed by atoms with E-state index >= 15 is 0 Å². The second kappa shape index (κ2) is 7.96. The highest BCUT2D eigenvalue weighted by molar-refractivity contribution is 5.81. The number of amides is 1. The Morgan fingerprint density at radius 3 is 3.04 bits per heavy atom. The summed E-state index contributed by atoms with van der Waals surface area (Å²) in [5.74, 6) is 0.883. The summed E-state index contributed by atoms with van der Waals surface area (Å²) >= 11 is 0. The van der Waals surface area contributed by atoms with Crippen molar-refractivity contribution in [3.8, 4) is 5.75 Å². The van der Waals surface area contributed by atoms with Gasteiger partial charge in [-0.1, -0.05) is 18.2 Å².